The molecule has 1 heteroatoms. The van der Waals surface area contributed by atoms with Crippen LogP contribution in [0.5, 0.6) is 5.75 Å². The standard InChI is InChI=1S/C32H46O/c1-5-7-8-15-23-32(3,4)28-21-22-30(29-20-14-10-13-19-27(29)16-6-2)31(24-28)33-25-26-17-11-9-12-18-26/h6,9,11-12,17-18,21-22,24,27,29H,2,5,7-8,10,13-16,19-20,23,25H2,1,3-4H3/t27-,29+/m1/s1. The molecular formula is C32H46O. The molecule has 3 rings (SSSR count). The zero-order valence-electron chi connectivity index (χ0n) is 21.5. The first-order valence-electron chi connectivity index (χ1n) is 13.5. The van der Waals surface area contributed by atoms with Gasteiger partial charge in [0.05, 0.1) is 0 Å². The highest BCUT2D eigenvalue weighted by molar-refractivity contribution is 5.43. The number of ether oxygens (including phenoxy) is 1. The fourth-order valence-corrected chi connectivity index (χ4v) is 5.55. The van der Waals surface area contributed by atoms with Gasteiger partial charge in [-0.15, -0.1) is 6.58 Å². The molecule has 0 aromatic heterocycles. The topological polar surface area (TPSA) is 9.23 Å². The molecule has 1 aliphatic carbocycles. The van der Waals surface area contributed by atoms with Crippen molar-refractivity contribution in [3.8, 4) is 5.75 Å². The van der Waals surface area contributed by atoms with Crippen LogP contribution in [0.25, 0.3) is 0 Å². The molecule has 180 valence electrons. The molecule has 0 heterocycles. The summed E-state index contributed by atoms with van der Waals surface area (Å²) in [7, 11) is 0. The average Bonchev–Trinajstić information content (AvgIpc) is 3.07. The second-order valence-electron chi connectivity index (χ2n) is 10.8. The fourth-order valence-electron chi connectivity index (χ4n) is 5.55. The van der Waals surface area contributed by atoms with Gasteiger partial charge in [-0.3, -0.25) is 0 Å². The quantitative estimate of drug-likeness (QED) is 0.179. The summed E-state index contributed by atoms with van der Waals surface area (Å²) in [4.78, 5) is 0. The number of rotatable bonds is 12. The van der Waals surface area contributed by atoms with E-state index < -0.39 is 0 Å². The van der Waals surface area contributed by atoms with Crippen LogP contribution >= 0.6 is 0 Å². The van der Waals surface area contributed by atoms with Crippen molar-refractivity contribution in [1.82, 2.24) is 0 Å². The minimum absolute atomic E-state index is 0.168. The summed E-state index contributed by atoms with van der Waals surface area (Å²) < 4.78 is 6.60. The monoisotopic (exact) mass is 446 g/mol. The van der Waals surface area contributed by atoms with Gasteiger partial charge in [-0.1, -0.05) is 114 Å². The number of hydrogen-bond donors (Lipinski definition) is 0. The molecule has 0 aliphatic heterocycles. The van der Waals surface area contributed by atoms with Crippen LogP contribution in [-0.2, 0) is 12.0 Å². The maximum Gasteiger partial charge on any atom is 0.123 e. The molecule has 0 saturated heterocycles. The van der Waals surface area contributed by atoms with Gasteiger partial charge in [0.2, 0.25) is 0 Å². The second-order valence-corrected chi connectivity index (χ2v) is 10.8. The molecule has 2 aromatic carbocycles. The Morgan fingerprint density at radius 3 is 2.52 bits per heavy atom. The van der Waals surface area contributed by atoms with Gasteiger partial charge in [-0.25, -0.2) is 0 Å². The maximum atomic E-state index is 6.60. The zero-order valence-corrected chi connectivity index (χ0v) is 21.5. The van der Waals surface area contributed by atoms with Gasteiger partial charge in [0.15, 0.2) is 0 Å². The van der Waals surface area contributed by atoms with Crippen LogP contribution in [0.3, 0.4) is 0 Å². The molecule has 2 aromatic rings. The molecule has 1 saturated carbocycles. The molecule has 0 N–H and O–H groups in total. The number of benzene rings is 2. The maximum absolute atomic E-state index is 6.60. The Labute approximate surface area is 203 Å². The molecule has 0 spiro atoms. The molecule has 1 aliphatic rings. The molecule has 0 amide bonds. The van der Waals surface area contributed by atoms with E-state index in [0.29, 0.717) is 18.4 Å². The number of allylic oxidation sites excluding steroid dienone is 1. The molecule has 33 heavy (non-hydrogen) atoms. The lowest BCUT2D eigenvalue weighted by Gasteiger charge is -2.30. The van der Waals surface area contributed by atoms with E-state index in [2.05, 4.69) is 82.0 Å². The summed E-state index contributed by atoms with van der Waals surface area (Å²) >= 11 is 0. The van der Waals surface area contributed by atoms with Gasteiger partial charge in [0, 0.05) is 0 Å². The molecule has 0 radical (unpaired) electrons. The summed E-state index contributed by atoms with van der Waals surface area (Å²) in [6.07, 6.45) is 16.3. The van der Waals surface area contributed by atoms with Crippen molar-refractivity contribution in [1.29, 1.82) is 0 Å². The molecule has 2 atom stereocenters. The summed E-state index contributed by atoms with van der Waals surface area (Å²) in [6.45, 7) is 11.8. The van der Waals surface area contributed by atoms with Gasteiger partial charge in [-0.05, 0) is 65.7 Å². The lowest BCUT2D eigenvalue weighted by molar-refractivity contribution is 0.292. The lowest BCUT2D eigenvalue weighted by Crippen LogP contribution is -2.18. The van der Waals surface area contributed by atoms with Crippen molar-refractivity contribution >= 4 is 0 Å². The van der Waals surface area contributed by atoms with Gasteiger partial charge < -0.3 is 4.74 Å². The SMILES string of the molecule is C=CC[C@@H]1CCCCC[C@@H]1c1ccc(C(C)(C)CCCCCC)cc1OCc1ccccc1. The van der Waals surface area contributed by atoms with Gasteiger partial charge in [0.1, 0.15) is 12.4 Å². The Balaban J connectivity index is 1.89. The van der Waals surface area contributed by atoms with Crippen molar-refractivity contribution in [3.05, 3.63) is 77.9 Å². The predicted octanol–water partition coefficient (Wildman–Crippen LogP) is 9.75. The molecule has 1 fully saturated rings. The van der Waals surface area contributed by atoms with E-state index >= 15 is 0 Å². The van der Waals surface area contributed by atoms with Crippen molar-refractivity contribution in [3.63, 3.8) is 0 Å². The van der Waals surface area contributed by atoms with Crippen LogP contribution in [0.4, 0.5) is 0 Å². The molecule has 1 nitrogen and oxygen atoms in total. The normalized spacial score (nSPS) is 19.1. The van der Waals surface area contributed by atoms with Gasteiger partial charge >= 0.3 is 0 Å². The van der Waals surface area contributed by atoms with Crippen LogP contribution in [-0.4, -0.2) is 0 Å². The fraction of sp³-hybridized carbons (Fsp3) is 0.562. The lowest BCUT2D eigenvalue weighted by atomic mass is 9.76. The van der Waals surface area contributed by atoms with E-state index in [-0.39, 0.29) is 5.41 Å². The van der Waals surface area contributed by atoms with Crippen molar-refractivity contribution < 1.29 is 4.74 Å². The van der Waals surface area contributed by atoms with E-state index in [1.807, 2.05) is 0 Å². The Bertz CT molecular complexity index is 835. The van der Waals surface area contributed by atoms with E-state index in [9.17, 15) is 0 Å². The third-order valence-corrected chi connectivity index (χ3v) is 7.72. The van der Waals surface area contributed by atoms with Crippen LogP contribution in [0.2, 0.25) is 0 Å². The van der Waals surface area contributed by atoms with Crippen LogP contribution in [0, 0.1) is 5.92 Å². The first-order valence-corrected chi connectivity index (χ1v) is 13.5. The Hall–Kier alpha value is -2.02. The highest BCUT2D eigenvalue weighted by atomic mass is 16.5. The largest absolute Gasteiger partial charge is 0.489 e. The third-order valence-electron chi connectivity index (χ3n) is 7.72. The molecule has 0 unspecified atom stereocenters. The number of unbranched alkanes of at least 4 members (excludes halogenated alkanes) is 3. The van der Waals surface area contributed by atoms with Crippen LogP contribution in [0.15, 0.2) is 61.2 Å². The van der Waals surface area contributed by atoms with Crippen LogP contribution < -0.4 is 4.74 Å². The smallest absolute Gasteiger partial charge is 0.123 e. The summed E-state index contributed by atoms with van der Waals surface area (Å²) in [5, 5.41) is 0. The van der Waals surface area contributed by atoms with Crippen molar-refractivity contribution in [2.75, 3.05) is 0 Å². The minimum atomic E-state index is 0.168. The molecule has 0 bridgehead atoms. The third kappa shape index (κ3) is 7.49. The van der Waals surface area contributed by atoms with Gasteiger partial charge in [-0.2, -0.15) is 0 Å². The average molecular weight is 447 g/mol. The Kier molecular flexibility index (Phi) is 10.1. The zero-order chi connectivity index (χ0) is 23.5. The van der Waals surface area contributed by atoms with E-state index in [4.69, 9.17) is 4.74 Å². The minimum Gasteiger partial charge on any atom is -0.489 e. The second kappa shape index (κ2) is 13.0. The number of hydrogen-bond acceptors (Lipinski definition) is 1. The van der Waals surface area contributed by atoms with E-state index in [1.165, 1.54) is 80.9 Å². The van der Waals surface area contributed by atoms with E-state index in [1.54, 1.807) is 0 Å². The summed E-state index contributed by atoms with van der Waals surface area (Å²) in [5.74, 6) is 2.36. The highest BCUT2D eigenvalue weighted by Crippen LogP contribution is 2.44. The first kappa shape index (κ1) is 25.6. The van der Waals surface area contributed by atoms with Crippen molar-refractivity contribution in [2.24, 2.45) is 5.92 Å². The predicted molar refractivity (Wildman–Crippen MR) is 143 cm³/mol. The summed E-state index contributed by atoms with van der Waals surface area (Å²) in [5.41, 5.74) is 4.24. The summed E-state index contributed by atoms with van der Waals surface area (Å²) in [6, 6.07) is 17.8. The van der Waals surface area contributed by atoms with Crippen molar-refractivity contribution in [2.45, 2.75) is 109 Å². The van der Waals surface area contributed by atoms with Crippen LogP contribution in [0.1, 0.15) is 114 Å². The highest BCUT2D eigenvalue weighted by Gasteiger charge is 2.28. The van der Waals surface area contributed by atoms with E-state index in [0.717, 1.165) is 12.2 Å². The molecular weight excluding hydrogens is 400 g/mol. The first-order chi connectivity index (χ1) is 16.0. The van der Waals surface area contributed by atoms with Gasteiger partial charge in [0.25, 0.3) is 0 Å². The Morgan fingerprint density at radius 2 is 1.76 bits per heavy atom. The Morgan fingerprint density at radius 1 is 0.970 bits per heavy atom.